The molecule has 25 heavy (non-hydrogen) atoms. The molecular weight excluding hydrogens is 340 g/mol. The van der Waals surface area contributed by atoms with E-state index in [0.717, 1.165) is 18.8 Å². The summed E-state index contributed by atoms with van der Waals surface area (Å²) < 4.78 is 5.38. The zero-order chi connectivity index (χ0) is 17.6. The Morgan fingerprint density at radius 3 is 2.88 bits per heavy atom. The number of hydrogen-bond donors (Lipinski definition) is 2. The Labute approximate surface area is 149 Å². The van der Waals surface area contributed by atoms with Crippen LogP contribution < -0.4 is 15.8 Å². The zero-order valence-corrected chi connectivity index (χ0v) is 14.8. The smallest absolute Gasteiger partial charge is 0.274 e. The quantitative estimate of drug-likeness (QED) is 0.844. The van der Waals surface area contributed by atoms with E-state index in [-0.39, 0.29) is 11.3 Å². The molecule has 2 heterocycles. The van der Waals surface area contributed by atoms with Crippen LogP contribution in [0.25, 0.3) is 0 Å². The molecule has 7 nitrogen and oxygen atoms in total. The van der Waals surface area contributed by atoms with Gasteiger partial charge in [-0.15, -0.1) is 0 Å². The molecule has 8 heteroatoms. The number of carbonyl (C=O) groups excluding carboxylic acids is 1. The van der Waals surface area contributed by atoms with Crippen LogP contribution in [0.2, 0.25) is 0 Å². The van der Waals surface area contributed by atoms with Gasteiger partial charge in [-0.1, -0.05) is 12.1 Å². The number of rotatable bonds is 5. The van der Waals surface area contributed by atoms with Crippen molar-refractivity contribution >= 4 is 29.0 Å². The first-order valence-electron chi connectivity index (χ1n) is 7.99. The summed E-state index contributed by atoms with van der Waals surface area (Å²) in [5, 5.41) is 2.88. The van der Waals surface area contributed by atoms with Gasteiger partial charge in [0.05, 0.1) is 30.3 Å². The van der Waals surface area contributed by atoms with Crippen molar-refractivity contribution in [2.24, 2.45) is 0 Å². The average molecular weight is 360 g/mol. The Balaban J connectivity index is 1.83. The highest BCUT2D eigenvalue weighted by atomic mass is 32.2. The molecule has 0 radical (unpaired) electrons. The number of anilines is 2. The first-order chi connectivity index (χ1) is 12.2. The second kappa shape index (κ2) is 8.17. The lowest BCUT2D eigenvalue weighted by molar-refractivity contribution is 0.102. The predicted molar refractivity (Wildman–Crippen MR) is 99.5 cm³/mol. The number of amides is 1. The molecule has 0 saturated carbocycles. The highest BCUT2D eigenvalue weighted by Crippen LogP contribution is 2.26. The van der Waals surface area contributed by atoms with Crippen LogP contribution in [0.15, 0.2) is 35.1 Å². The molecule has 0 aliphatic carbocycles. The van der Waals surface area contributed by atoms with Gasteiger partial charge in [0.2, 0.25) is 0 Å². The van der Waals surface area contributed by atoms with Crippen molar-refractivity contribution < 1.29 is 9.53 Å². The summed E-state index contributed by atoms with van der Waals surface area (Å²) in [6.45, 7) is 2.87. The van der Waals surface area contributed by atoms with E-state index >= 15 is 0 Å². The van der Waals surface area contributed by atoms with Crippen molar-refractivity contribution in [3.8, 4) is 0 Å². The van der Waals surface area contributed by atoms with Gasteiger partial charge in [-0.05, 0) is 18.4 Å². The molecule has 1 aromatic carbocycles. The minimum absolute atomic E-state index is 0.115. The van der Waals surface area contributed by atoms with Crippen LogP contribution in [0.1, 0.15) is 16.3 Å². The number of carbonyl (C=O) groups is 1. The predicted octanol–water partition coefficient (Wildman–Crippen LogP) is 1.72. The maximum Gasteiger partial charge on any atom is 0.274 e. The van der Waals surface area contributed by atoms with Crippen molar-refractivity contribution in [2.75, 3.05) is 42.8 Å². The second-order valence-corrected chi connectivity index (χ2v) is 6.45. The van der Waals surface area contributed by atoms with Gasteiger partial charge in [0, 0.05) is 19.2 Å². The Morgan fingerprint density at radius 2 is 2.12 bits per heavy atom. The first kappa shape index (κ1) is 17.5. The van der Waals surface area contributed by atoms with Crippen molar-refractivity contribution in [3.63, 3.8) is 0 Å². The van der Waals surface area contributed by atoms with Gasteiger partial charge in [0.1, 0.15) is 11.5 Å². The van der Waals surface area contributed by atoms with Crippen molar-refractivity contribution in [2.45, 2.75) is 5.75 Å². The fourth-order valence-electron chi connectivity index (χ4n) is 2.68. The van der Waals surface area contributed by atoms with Crippen LogP contribution >= 0.6 is 11.8 Å². The highest BCUT2D eigenvalue weighted by molar-refractivity contribution is 7.97. The van der Waals surface area contributed by atoms with Gasteiger partial charge in [0.25, 0.3) is 11.5 Å². The summed E-state index contributed by atoms with van der Waals surface area (Å²) in [6.07, 6.45) is 1.91. The molecule has 1 saturated heterocycles. The van der Waals surface area contributed by atoms with Gasteiger partial charge in [-0.2, -0.15) is 11.8 Å². The Morgan fingerprint density at radius 1 is 1.36 bits per heavy atom. The van der Waals surface area contributed by atoms with Crippen LogP contribution in [0.4, 0.5) is 11.4 Å². The maximum atomic E-state index is 12.6. The standard InChI is InChI=1S/C17H20N4O3S/c1-25-11-15-18-13(10-16(22)20-15)17(23)19-12-4-2-3-5-14(12)21-6-8-24-9-7-21/h2-5,10H,6-9,11H2,1H3,(H,19,23)(H,18,20,22). The van der Waals surface area contributed by atoms with Gasteiger partial charge in [-0.3, -0.25) is 9.59 Å². The largest absolute Gasteiger partial charge is 0.378 e. The summed E-state index contributed by atoms with van der Waals surface area (Å²) in [5.41, 5.74) is 1.42. The van der Waals surface area contributed by atoms with E-state index < -0.39 is 5.91 Å². The van der Waals surface area contributed by atoms with Gasteiger partial charge in [-0.25, -0.2) is 4.98 Å². The molecule has 0 atom stereocenters. The lowest BCUT2D eigenvalue weighted by Crippen LogP contribution is -2.36. The minimum atomic E-state index is -0.394. The molecular formula is C17H20N4O3S. The van der Waals surface area contributed by atoms with E-state index in [2.05, 4.69) is 20.2 Å². The van der Waals surface area contributed by atoms with E-state index in [1.807, 2.05) is 30.5 Å². The number of aromatic nitrogens is 2. The highest BCUT2D eigenvalue weighted by Gasteiger charge is 2.17. The zero-order valence-electron chi connectivity index (χ0n) is 13.9. The number of hydrogen-bond acceptors (Lipinski definition) is 6. The minimum Gasteiger partial charge on any atom is -0.378 e. The van der Waals surface area contributed by atoms with Crippen LogP contribution in [0.3, 0.4) is 0 Å². The SMILES string of the molecule is CSCc1nc(C(=O)Nc2ccccc2N2CCOCC2)cc(=O)[nH]1. The molecule has 1 aliphatic heterocycles. The number of para-hydroxylation sites is 2. The summed E-state index contributed by atoms with van der Waals surface area (Å²) in [6, 6.07) is 8.83. The van der Waals surface area contributed by atoms with E-state index in [9.17, 15) is 9.59 Å². The first-order valence-corrected chi connectivity index (χ1v) is 9.39. The van der Waals surface area contributed by atoms with E-state index in [1.165, 1.54) is 17.8 Å². The summed E-state index contributed by atoms with van der Waals surface area (Å²) in [5.74, 6) is 0.640. The Bertz CT molecular complexity index is 802. The van der Waals surface area contributed by atoms with Crippen molar-refractivity contribution in [3.05, 3.63) is 52.2 Å². The molecule has 1 amide bonds. The monoisotopic (exact) mass is 360 g/mol. The number of nitrogens with one attached hydrogen (secondary N) is 2. The Kier molecular flexibility index (Phi) is 5.72. The number of aromatic amines is 1. The van der Waals surface area contributed by atoms with Crippen LogP contribution in [-0.4, -0.2) is 48.4 Å². The van der Waals surface area contributed by atoms with Crippen LogP contribution in [0, 0.1) is 0 Å². The summed E-state index contributed by atoms with van der Waals surface area (Å²) in [4.78, 5) is 33.4. The number of H-pyrrole nitrogens is 1. The fourth-order valence-corrected chi connectivity index (χ4v) is 3.09. The van der Waals surface area contributed by atoms with Crippen LogP contribution in [0.5, 0.6) is 0 Å². The topological polar surface area (TPSA) is 87.3 Å². The normalized spacial score (nSPS) is 14.4. The third-order valence-corrected chi connectivity index (χ3v) is 4.37. The van der Waals surface area contributed by atoms with E-state index in [1.54, 1.807) is 0 Å². The van der Waals surface area contributed by atoms with Crippen LogP contribution in [-0.2, 0) is 10.5 Å². The summed E-state index contributed by atoms with van der Waals surface area (Å²) in [7, 11) is 0. The van der Waals surface area contributed by atoms with Crippen molar-refractivity contribution in [1.29, 1.82) is 0 Å². The average Bonchev–Trinajstić information content (AvgIpc) is 2.63. The lowest BCUT2D eigenvalue weighted by Gasteiger charge is -2.30. The molecule has 2 aromatic rings. The molecule has 0 unspecified atom stereocenters. The maximum absolute atomic E-state index is 12.6. The number of nitrogens with zero attached hydrogens (tertiary/aromatic N) is 2. The third-order valence-electron chi connectivity index (χ3n) is 3.81. The van der Waals surface area contributed by atoms with Crippen molar-refractivity contribution in [1.82, 2.24) is 9.97 Å². The number of thioether (sulfide) groups is 1. The molecule has 3 rings (SSSR count). The molecule has 132 valence electrons. The fraction of sp³-hybridized carbons (Fsp3) is 0.353. The van der Waals surface area contributed by atoms with Gasteiger partial charge >= 0.3 is 0 Å². The van der Waals surface area contributed by atoms with Gasteiger partial charge in [0.15, 0.2) is 0 Å². The molecule has 1 aliphatic rings. The summed E-state index contributed by atoms with van der Waals surface area (Å²) >= 11 is 1.53. The second-order valence-electron chi connectivity index (χ2n) is 5.58. The molecule has 1 aromatic heterocycles. The number of benzene rings is 1. The van der Waals surface area contributed by atoms with E-state index in [0.29, 0.717) is 30.5 Å². The molecule has 2 N–H and O–H groups in total. The Hall–Kier alpha value is -2.32. The third kappa shape index (κ3) is 4.40. The molecule has 1 fully saturated rings. The number of morpholine rings is 1. The molecule has 0 spiro atoms. The van der Waals surface area contributed by atoms with E-state index in [4.69, 9.17) is 4.74 Å². The lowest BCUT2D eigenvalue weighted by atomic mass is 10.2. The number of ether oxygens (including phenoxy) is 1. The molecule has 0 bridgehead atoms. The van der Waals surface area contributed by atoms with Gasteiger partial charge < -0.3 is 19.9 Å².